The number of hydrogen-bond acceptors (Lipinski definition) is 8. The Hall–Kier alpha value is -1.93. The molecule has 0 saturated carbocycles. The fourth-order valence-electron chi connectivity index (χ4n) is 4.05. The van der Waals surface area contributed by atoms with Gasteiger partial charge in [0.1, 0.15) is 12.2 Å². The molecule has 0 heterocycles. The van der Waals surface area contributed by atoms with Gasteiger partial charge < -0.3 is 39.7 Å². The lowest BCUT2D eigenvalue weighted by atomic mass is 9.88. The van der Waals surface area contributed by atoms with Crippen molar-refractivity contribution in [3.05, 3.63) is 32.9 Å². The molecule has 0 aromatic heterocycles. The summed E-state index contributed by atoms with van der Waals surface area (Å²) in [5.41, 5.74) is 0.989. The number of ether oxygens (including phenoxy) is 3. The van der Waals surface area contributed by atoms with E-state index in [1.807, 2.05) is 6.92 Å². The third-order valence-electron chi connectivity index (χ3n) is 5.86. The highest BCUT2D eigenvalue weighted by Crippen LogP contribution is 2.37. The molecular weight excluding hydrogens is 583 g/mol. The van der Waals surface area contributed by atoms with Gasteiger partial charge in [-0.1, -0.05) is 6.92 Å². The summed E-state index contributed by atoms with van der Waals surface area (Å²) in [5.74, 6) is 0.185. The maximum Gasteiger partial charge on any atom is 0.247 e. The van der Waals surface area contributed by atoms with Crippen molar-refractivity contribution in [2.24, 2.45) is 0 Å². The first-order valence-electron chi connectivity index (χ1n) is 12.1. The fraction of sp³-hybridized carbons (Fsp3) is 0.600. The highest BCUT2D eigenvalue weighted by atomic mass is 127. The van der Waals surface area contributed by atoms with Crippen LogP contribution in [0, 0.1) is 3.57 Å². The predicted octanol–water partition coefficient (Wildman–Crippen LogP) is 1.37. The van der Waals surface area contributed by atoms with Gasteiger partial charge in [0.25, 0.3) is 0 Å². The lowest BCUT2D eigenvalue weighted by molar-refractivity contribution is -0.138. The van der Waals surface area contributed by atoms with Crippen LogP contribution in [0.25, 0.3) is 0 Å². The number of methoxy groups -OCH3 is 1. The molecular formula is C25H37IN2O8. The number of aliphatic hydroxyl groups is 3. The maximum absolute atomic E-state index is 12.9. The second kappa shape index (κ2) is 15.4. The molecule has 0 bridgehead atoms. The number of carbonyl (C=O) groups is 2. The third kappa shape index (κ3) is 8.04. The first-order valence-corrected chi connectivity index (χ1v) is 13.2. The standard InChI is InChI=1S/C25H37IN2O8/c1-4-22(31)28(8-6-10-35-5-2)19-13-17(25(33)27-7-9-29)14-20(23(19)32)36-24-18(26)11-16(15-30)12-21(24)34-3/h11-12,14,19-20,23,29-30,32H,4-10,13,15H2,1-3H3,(H,27,33). The Bertz CT molecular complexity index is 910. The van der Waals surface area contributed by atoms with Crippen LogP contribution in [0.15, 0.2) is 23.8 Å². The van der Waals surface area contributed by atoms with E-state index in [0.717, 1.165) is 0 Å². The normalized spacial score (nSPS) is 19.4. The van der Waals surface area contributed by atoms with Crippen molar-refractivity contribution in [2.75, 3.05) is 40.0 Å². The Labute approximate surface area is 225 Å². The molecule has 0 spiro atoms. The van der Waals surface area contributed by atoms with E-state index < -0.39 is 24.2 Å². The summed E-state index contributed by atoms with van der Waals surface area (Å²) in [4.78, 5) is 27.3. The molecule has 3 unspecified atom stereocenters. The van der Waals surface area contributed by atoms with Crippen LogP contribution in [0.1, 0.15) is 38.7 Å². The van der Waals surface area contributed by atoms with Crippen LogP contribution in [0.3, 0.4) is 0 Å². The molecule has 2 amide bonds. The average molecular weight is 620 g/mol. The van der Waals surface area contributed by atoms with Gasteiger partial charge in [-0.3, -0.25) is 9.59 Å². The lowest BCUT2D eigenvalue weighted by Gasteiger charge is -2.40. The molecule has 0 radical (unpaired) electrons. The zero-order valence-electron chi connectivity index (χ0n) is 21.0. The monoisotopic (exact) mass is 620 g/mol. The number of carbonyl (C=O) groups excluding carboxylic acids is 2. The van der Waals surface area contributed by atoms with Gasteiger partial charge in [0.2, 0.25) is 11.8 Å². The number of benzene rings is 1. The molecule has 0 saturated heterocycles. The van der Waals surface area contributed by atoms with Gasteiger partial charge in [-0.25, -0.2) is 0 Å². The van der Waals surface area contributed by atoms with Crippen molar-refractivity contribution in [2.45, 2.75) is 58.0 Å². The van der Waals surface area contributed by atoms with Crippen molar-refractivity contribution >= 4 is 34.4 Å². The molecule has 10 nitrogen and oxygen atoms in total. The Morgan fingerprint density at radius 1 is 1.25 bits per heavy atom. The summed E-state index contributed by atoms with van der Waals surface area (Å²) in [7, 11) is 1.48. The number of nitrogens with one attached hydrogen (secondary N) is 1. The molecule has 0 fully saturated rings. The summed E-state index contributed by atoms with van der Waals surface area (Å²) in [5, 5.41) is 32.7. The lowest BCUT2D eigenvalue weighted by Crippen LogP contribution is -2.55. The van der Waals surface area contributed by atoms with Crippen molar-refractivity contribution in [3.8, 4) is 11.5 Å². The molecule has 36 heavy (non-hydrogen) atoms. The van der Waals surface area contributed by atoms with E-state index in [9.17, 15) is 19.8 Å². The van der Waals surface area contributed by atoms with Crippen LogP contribution in [0.5, 0.6) is 11.5 Å². The summed E-state index contributed by atoms with van der Waals surface area (Å²) >= 11 is 2.06. The molecule has 1 aliphatic rings. The molecule has 1 aliphatic carbocycles. The number of amides is 2. The fourth-order valence-corrected chi connectivity index (χ4v) is 4.85. The van der Waals surface area contributed by atoms with E-state index in [0.29, 0.717) is 52.4 Å². The Morgan fingerprint density at radius 3 is 2.61 bits per heavy atom. The van der Waals surface area contributed by atoms with Gasteiger partial charge in [0.05, 0.1) is 29.9 Å². The minimum atomic E-state index is -1.12. The number of nitrogens with zero attached hydrogens (tertiary/aromatic N) is 1. The molecule has 3 atom stereocenters. The molecule has 4 N–H and O–H groups in total. The summed E-state index contributed by atoms with van der Waals surface area (Å²) in [6.07, 6.45) is 0.431. The SMILES string of the molecule is CCOCCCN(C(=O)CC)C1CC(C(=O)NCCO)=CC(Oc2c(I)cc(CO)cc2OC)C1O. The number of aliphatic hydroxyl groups excluding tert-OH is 3. The number of halogens is 1. The number of hydrogen-bond donors (Lipinski definition) is 4. The summed E-state index contributed by atoms with van der Waals surface area (Å²) in [6, 6.07) is 2.68. The maximum atomic E-state index is 12.9. The van der Waals surface area contributed by atoms with Crippen LogP contribution >= 0.6 is 22.6 Å². The van der Waals surface area contributed by atoms with E-state index in [4.69, 9.17) is 19.3 Å². The Balaban J connectivity index is 2.43. The highest BCUT2D eigenvalue weighted by Gasteiger charge is 2.40. The minimum absolute atomic E-state index is 0.0786. The summed E-state index contributed by atoms with van der Waals surface area (Å²) < 4.78 is 17.7. The van der Waals surface area contributed by atoms with Crippen molar-refractivity contribution in [1.82, 2.24) is 10.2 Å². The molecule has 1 aromatic carbocycles. The van der Waals surface area contributed by atoms with E-state index >= 15 is 0 Å². The van der Waals surface area contributed by atoms with Crippen LogP contribution < -0.4 is 14.8 Å². The number of rotatable bonds is 14. The second-order valence-electron chi connectivity index (χ2n) is 8.27. The Kier molecular flexibility index (Phi) is 12.9. The predicted molar refractivity (Wildman–Crippen MR) is 142 cm³/mol. The quantitative estimate of drug-likeness (QED) is 0.181. The van der Waals surface area contributed by atoms with E-state index in [-0.39, 0.29) is 38.5 Å². The molecule has 1 aromatic rings. The molecule has 202 valence electrons. The first kappa shape index (κ1) is 30.3. The van der Waals surface area contributed by atoms with Gasteiger partial charge in [0, 0.05) is 44.7 Å². The largest absolute Gasteiger partial charge is 0.493 e. The van der Waals surface area contributed by atoms with Crippen LogP contribution in [0.2, 0.25) is 0 Å². The molecule has 0 aliphatic heterocycles. The Morgan fingerprint density at radius 2 is 2.00 bits per heavy atom. The molecule has 11 heteroatoms. The van der Waals surface area contributed by atoms with Crippen molar-refractivity contribution in [1.29, 1.82) is 0 Å². The van der Waals surface area contributed by atoms with Gasteiger partial charge >= 0.3 is 0 Å². The first-order chi connectivity index (χ1) is 17.3. The average Bonchev–Trinajstić information content (AvgIpc) is 2.89. The van der Waals surface area contributed by atoms with E-state index in [2.05, 4.69) is 27.9 Å². The second-order valence-corrected chi connectivity index (χ2v) is 9.44. The molecule has 2 rings (SSSR count). The van der Waals surface area contributed by atoms with E-state index in [1.165, 1.54) is 7.11 Å². The van der Waals surface area contributed by atoms with Gasteiger partial charge in [-0.15, -0.1) is 0 Å². The minimum Gasteiger partial charge on any atom is -0.493 e. The van der Waals surface area contributed by atoms with Crippen molar-refractivity contribution in [3.63, 3.8) is 0 Å². The van der Waals surface area contributed by atoms with Crippen LogP contribution in [-0.2, 0) is 20.9 Å². The zero-order chi connectivity index (χ0) is 26.7. The van der Waals surface area contributed by atoms with E-state index in [1.54, 1.807) is 30.0 Å². The third-order valence-corrected chi connectivity index (χ3v) is 6.66. The van der Waals surface area contributed by atoms with Gasteiger partial charge in [-0.2, -0.15) is 0 Å². The zero-order valence-corrected chi connectivity index (χ0v) is 23.2. The van der Waals surface area contributed by atoms with Crippen molar-refractivity contribution < 1.29 is 39.1 Å². The highest BCUT2D eigenvalue weighted by molar-refractivity contribution is 14.1. The van der Waals surface area contributed by atoms with Crippen LogP contribution in [-0.4, -0.2) is 90.3 Å². The van der Waals surface area contributed by atoms with Gasteiger partial charge in [-0.05, 0) is 59.7 Å². The van der Waals surface area contributed by atoms with Crippen LogP contribution in [0.4, 0.5) is 0 Å². The topological polar surface area (TPSA) is 138 Å². The summed E-state index contributed by atoms with van der Waals surface area (Å²) in [6.45, 7) is 4.74. The van der Waals surface area contributed by atoms with Gasteiger partial charge in [0.15, 0.2) is 11.5 Å². The smallest absolute Gasteiger partial charge is 0.247 e.